The number of aryl methyl sites for hydroxylation is 2. The van der Waals surface area contributed by atoms with Gasteiger partial charge in [-0.15, -0.1) is 0 Å². The summed E-state index contributed by atoms with van der Waals surface area (Å²) in [6, 6.07) is 8.55. The van der Waals surface area contributed by atoms with Crippen LogP contribution in [-0.4, -0.2) is 16.9 Å². The second-order valence-corrected chi connectivity index (χ2v) is 4.99. The fraction of sp³-hybridized carbons (Fsp3) is 0.438. The minimum atomic E-state index is 0.227. The van der Waals surface area contributed by atoms with Gasteiger partial charge in [0.25, 0.3) is 0 Å². The number of hydrogen-bond acceptors (Lipinski definition) is 3. The third kappa shape index (κ3) is 3.20. The molecule has 0 amide bonds. The maximum Gasteiger partial charge on any atom is 0.123 e. The summed E-state index contributed by atoms with van der Waals surface area (Å²) in [6.45, 7) is 8.05. The molecule has 0 saturated heterocycles. The summed E-state index contributed by atoms with van der Waals surface area (Å²) in [5, 5.41) is 7.82. The first-order valence-electron chi connectivity index (χ1n) is 7.04. The summed E-state index contributed by atoms with van der Waals surface area (Å²) >= 11 is 0. The van der Waals surface area contributed by atoms with Gasteiger partial charge in [0.05, 0.1) is 12.8 Å². The van der Waals surface area contributed by atoms with E-state index in [0.29, 0.717) is 0 Å². The maximum atomic E-state index is 5.45. The van der Waals surface area contributed by atoms with Crippen LogP contribution in [0.2, 0.25) is 0 Å². The van der Waals surface area contributed by atoms with Crippen molar-refractivity contribution < 1.29 is 4.74 Å². The Hall–Kier alpha value is -1.81. The Kier molecular flexibility index (Phi) is 4.79. The van der Waals surface area contributed by atoms with E-state index in [-0.39, 0.29) is 6.04 Å². The largest absolute Gasteiger partial charge is 0.496 e. The van der Waals surface area contributed by atoms with Gasteiger partial charge in [0.2, 0.25) is 0 Å². The highest BCUT2D eigenvalue weighted by molar-refractivity contribution is 5.38. The number of hydrogen-bond donors (Lipinski definition) is 1. The Morgan fingerprint density at radius 3 is 2.85 bits per heavy atom. The lowest BCUT2D eigenvalue weighted by atomic mass is 10.0. The van der Waals surface area contributed by atoms with Gasteiger partial charge in [0.1, 0.15) is 5.75 Å². The first-order chi connectivity index (χ1) is 9.65. The Balaban J connectivity index is 2.08. The van der Waals surface area contributed by atoms with Gasteiger partial charge in [0.15, 0.2) is 0 Å². The molecule has 2 rings (SSSR count). The van der Waals surface area contributed by atoms with E-state index < -0.39 is 0 Å². The zero-order valence-corrected chi connectivity index (χ0v) is 12.7. The van der Waals surface area contributed by atoms with Crippen LogP contribution in [-0.2, 0) is 13.1 Å². The van der Waals surface area contributed by atoms with Crippen molar-refractivity contribution in [3.63, 3.8) is 0 Å². The number of ether oxygens (including phenoxy) is 1. The first-order valence-corrected chi connectivity index (χ1v) is 7.04. The Labute approximate surface area is 120 Å². The monoisotopic (exact) mass is 273 g/mol. The molecule has 0 radical (unpaired) electrons. The normalized spacial score (nSPS) is 12.4. The predicted octanol–water partition coefficient (Wildman–Crippen LogP) is 3.07. The number of nitrogens with zero attached hydrogens (tertiary/aromatic N) is 2. The molecule has 0 aliphatic heterocycles. The highest BCUT2D eigenvalue weighted by Crippen LogP contribution is 2.26. The molecule has 0 fully saturated rings. The molecule has 1 N–H and O–H groups in total. The van der Waals surface area contributed by atoms with Gasteiger partial charge in [-0.2, -0.15) is 5.10 Å². The smallest absolute Gasteiger partial charge is 0.123 e. The molecule has 1 unspecified atom stereocenters. The van der Waals surface area contributed by atoms with Crippen LogP contribution in [0.4, 0.5) is 0 Å². The first kappa shape index (κ1) is 14.6. The average molecular weight is 273 g/mol. The molecular formula is C16H23N3O. The molecule has 2 aromatic rings. The van der Waals surface area contributed by atoms with Crippen LogP contribution in [0.15, 0.2) is 30.5 Å². The van der Waals surface area contributed by atoms with Crippen molar-refractivity contribution in [1.29, 1.82) is 0 Å². The van der Waals surface area contributed by atoms with E-state index in [2.05, 4.69) is 49.4 Å². The molecule has 4 heteroatoms. The van der Waals surface area contributed by atoms with E-state index in [4.69, 9.17) is 4.74 Å². The molecule has 108 valence electrons. The van der Waals surface area contributed by atoms with Gasteiger partial charge in [-0.05, 0) is 32.9 Å². The summed E-state index contributed by atoms with van der Waals surface area (Å²) in [5.41, 5.74) is 3.63. The van der Waals surface area contributed by atoms with Crippen molar-refractivity contribution in [2.45, 2.75) is 39.9 Å². The van der Waals surface area contributed by atoms with Crippen molar-refractivity contribution in [3.05, 3.63) is 47.3 Å². The highest BCUT2D eigenvalue weighted by Gasteiger charge is 2.12. The van der Waals surface area contributed by atoms with E-state index in [1.165, 1.54) is 16.8 Å². The van der Waals surface area contributed by atoms with Crippen LogP contribution < -0.4 is 10.1 Å². The number of benzene rings is 1. The van der Waals surface area contributed by atoms with Gasteiger partial charge in [-0.25, -0.2) is 0 Å². The predicted molar refractivity (Wildman–Crippen MR) is 80.9 cm³/mol. The highest BCUT2D eigenvalue weighted by atomic mass is 16.5. The molecule has 1 aromatic carbocycles. The summed E-state index contributed by atoms with van der Waals surface area (Å²) in [6.07, 6.45) is 1.85. The fourth-order valence-electron chi connectivity index (χ4n) is 2.35. The Morgan fingerprint density at radius 2 is 2.15 bits per heavy atom. The van der Waals surface area contributed by atoms with Crippen molar-refractivity contribution in [3.8, 4) is 5.75 Å². The standard InChI is InChI=1S/C16H23N3O/c1-5-19-14(8-9-18-19)11-17-13(3)15-10-12(2)6-7-16(15)20-4/h6-10,13,17H,5,11H2,1-4H3. The zero-order valence-electron chi connectivity index (χ0n) is 12.7. The van der Waals surface area contributed by atoms with Gasteiger partial charge >= 0.3 is 0 Å². The molecular weight excluding hydrogens is 250 g/mol. The van der Waals surface area contributed by atoms with Crippen molar-refractivity contribution in [1.82, 2.24) is 15.1 Å². The van der Waals surface area contributed by atoms with E-state index >= 15 is 0 Å². The van der Waals surface area contributed by atoms with Crippen LogP contribution in [0.1, 0.15) is 36.7 Å². The summed E-state index contributed by atoms with van der Waals surface area (Å²) in [4.78, 5) is 0. The molecule has 0 aliphatic rings. The second-order valence-electron chi connectivity index (χ2n) is 4.99. The minimum absolute atomic E-state index is 0.227. The lowest BCUT2D eigenvalue weighted by molar-refractivity contribution is 0.400. The quantitative estimate of drug-likeness (QED) is 0.879. The molecule has 4 nitrogen and oxygen atoms in total. The Morgan fingerprint density at radius 1 is 1.35 bits per heavy atom. The van der Waals surface area contributed by atoms with Crippen LogP contribution in [0.5, 0.6) is 5.75 Å². The number of nitrogens with one attached hydrogen (secondary N) is 1. The van der Waals surface area contributed by atoms with E-state index in [1.807, 2.05) is 16.9 Å². The maximum absolute atomic E-state index is 5.45. The van der Waals surface area contributed by atoms with E-state index in [0.717, 1.165) is 18.8 Å². The van der Waals surface area contributed by atoms with Crippen molar-refractivity contribution in [2.75, 3.05) is 7.11 Å². The third-order valence-electron chi connectivity index (χ3n) is 3.55. The topological polar surface area (TPSA) is 39.1 Å². The van der Waals surface area contributed by atoms with Crippen molar-refractivity contribution >= 4 is 0 Å². The lowest BCUT2D eigenvalue weighted by Crippen LogP contribution is -2.21. The SMILES string of the molecule is CCn1nccc1CNC(C)c1cc(C)ccc1OC. The van der Waals surface area contributed by atoms with Crippen LogP contribution in [0.25, 0.3) is 0 Å². The average Bonchev–Trinajstić information content (AvgIpc) is 2.92. The fourth-order valence-corrected chi connectivity index (χ4v) is 2.35. The number of aromatic nitrogens is 2. The lowest BCUT2D eigenvalue weighted by Gasteiger charge is -2.18. The van der Waals surface area contributed by atoms with Crippen LogP contribution in [0, 0.1) is 6.92 Å². The second kappa shape index (κ2) is 6.57. The number of methoxy groups -OCH3 is 1. The van der Waals surface area contributed by atoms with Gasteiger partial charge in [-0.3, -0.25) is 4.68 Å². The molecule has 0 bridgehead atoms. The molecule has 0 spiro atoms. The van der Waals surface area contributed by atoms with Crippen LogP contribution in [0.3, 0.4) is 0 Å². The van der Waals surface area contributed by atoms with Gasteiger partial charge in [0, 0.05) is 30.9 Å². The molecule has 0 saturated carbocycles. The van der Waals surface area contributed by atoms with Crippen LogP contribution >= 0.6 is 0 Å². The van der Waals surface area contributed by atoms with Gasteiger partial charge in [-0.1, -0.05) is 17.7 Å². The molecule has 1 aromatic heterocycles. The summed E-state index contributed by atoms with van der Waals surface area (Å²) in [5.74, 6) is 0.930. The van der Waals surface area contributed by atoms with Gasteiger partial charge < -0.3 is 10.1 Å². The summed E-state index contributed by atoms with van der Waals surface area (Å²) in [7, 11) is 1.72. The Bertz CT molecular complexity index is 563. The van der Waals surface area contributed by atoms with E-state index in [9.17, 15) is 0 Å². The number of rotatable bonds is 6. The van der Waals surface area contributed by atoms with Crippen molar-refractivity contribution in [2.24, 2.45) is 0 Å². The minimum Gasteiger partial charge on any atom is -0.496 e. The zero-order chi connectivity index (χ0) is 14.5. The molecule has 20 heavy (non-hydrogen) atoms. The third-order valence-corrected chi connectivity index (χ3v) is 3.55. The molecule has 1 atom stereocenters. The molecule has 0 aliphatic carbocycles. The molecule has 1 heterocycles. The van der Waals surface area contributed by atoms with E-state index in [1.54, 1.807) is 7.11 Å². The summed E-state index contributed by atoms with van der Waals surface area (Å²) < 4.78 is 7.45.